The van der Waals surface area contributed by atoms with Crippen molar-refractivity contribution in [2.45, 2.75) is 57.7 Å². The maximum absolute atomic E-state index is 4.50. The molecule has 3 aliphatic rings. The van der Waals surface area contributed by atoms with Gasteiger partial charge in [0, 0.05) is 39.1 Å². The van der Waals surface area contributed by atoms with Crippen molar-refractivity contribution in [3.05, 3.63) is 11.6 Å². The van der Waals surface area contributed by atoms with Crippen LogP contribution in [0.4, 0.5) is 0 Å². The Hall–Kier alpha value is -0.900. The number of guanidine groups is 1. The van der Waals surface area contributed by atoms with E-state index in [1.54, 1.807) is 0 Å². The quantitative estimate of drug-likeness (QED) is 0.422. The van der Waals surface area contributed by atoms with Crippen LogP contribution in [0.2, 0.25) is 0 Å². The molecular weight excluding hydrogens is 429 g/mol. The molecule has 1 atom stereocenters. The van der Waals surface area contributed by atoms with Gasteiger partial charge in [0.1, 0.15) is 5.82 Å². The van der Waals surface area contributed by atoms with Gasteiger partial charge in [0.05, 0.1) is 6.54 Å². The molecule has 7 nitrogen and oxygen atoms in total. The summed E-state index contributed by atoms with van der Waals surface area (Å²) in [6.07, 6.45) is 7.63. The molecule has 1 aromatic heterocycles. The topological polar surface area (TPSA) is 61.6 Å². The van der Waals surface area contributed by atoms with E-state index in [4.69, 9.17) is 0 Å². The zero-order chi connectivity index (χ0) is 16.4. The number of aliphatic imine (C=N–C) groups is 1. The van der Waals surface area contributed by atoms with Gasteiger partial charge >= 0.3 is 0 Å². The summed E-state index contributed by atoms with van der Waals surface area (Å²) in [7, 11) is 1.88. The number of rotatable bonds is 3. The van der Waals surface area contributed by atoms with E-state index in [-0.39, 0.29) is 24.0 Å². The number of halogens is 1. The number of nitrogens with zero attached hydrogens (tertiary/aromatic N) is 6. The summed E-state index contributed by atoms with van der Waals surface area (Å²) in [5.74, 6) is 3.17. The molecule has 2 fully saturated rings. The third-order valence-electron chi connectivity index (χ3n) is 5.67. The first-order chi connectivity index (χ1) is 11.8. The Labute approximate surface area is 167 Å². The predicted molar refractivity (Wildman–Crippen MR) is 109 cm³/mol. The first-order valence-corrected chi connectivity index (χ1v) is 9.46. The summed E-state index contributed by atoms with van der Waals surface area (Å²) in [6.45, 7) is 6.51. The number of piperidine rings is 1. The maximum Gasteiger partial charge on any atom is 0.194 e. The van der Waals surface area contributed by atoms with Crippen LogP contribution in [0.1, 0.15) is 43.8 Å². The molecule has 0 aromatic carbocycles. The summed E-state index contributed by atoms with van der Waals surface area (Å²) in [4.78, 5) is 9.58. The van der Waals surface area contributed by atoms with Crippen LogP contribution in [0.5, 0.6) is 0 Å². The average Bonchev–Trinajstić information content (AvgIpc) is 3.34. The number of nitrogens with one attached hydrogen (secondary N) is 1. The fourth-order valence-corrected chi connectivity index (χ4v) is 4.35. The molecule has 8 heteroatoms. The van der Waals surface area contributed by atoms with Crippen molar-refractivity contribution >= 4 is 29.9 Å². The molecule has 0 spiro atoms. The summed E-state index contributed by atoms with van der Waals surface area (Å²) in [6, 6.07) is 0.696. The zero-order valence-corrected chi connectivity index (χ0v) is 17.5. The van der Waals surface area contributed by atoms with Crippen molar-refractivity contribution < 1.29 is 0 Å². The van der Waals surface area contributed by atoms with Crippen LogP contribution in [0, 0.1) is 0 Å². The Bertz CT molecular complexity index is 594. The van der Waals surface area contributed by atoms with Gasteiger partial charge in [-0.25, -0.2) is 0 Å². The number of likely N-dealkylation sites (tertiary alicyclic amines) is 2. The minimum absolute atomic E-state index is 0. The smallest absolute Gasteiger partial charge is 0.194 e. The number of aryl methyl sites for hydroxylation is 1. The summed E-state index contributed by atoms with van der Waals surface area (Å²) in [5.41, 5.74) is 0. The molecule has 0 saturated carbocycles. The van der Waals surface area contributed by atoms with Crippen molar-refractivity contribution in [3.8, 4) is 0 Å². The second-order valence-electron chi connectivity index (χ2n) is 7.17. The van der Waals surface area contributed by atoms with Crippen molar-refractivity contribution in [1.82, 2.24) is 29.9 Å². The van der Waals surface area contributed by atoms with Gasteiger partial charge < -0.3 is 14.8 Å². The Morgan fingerprint density at radius 1 is 1.12 bits per heavy atom. The van der Waals surface area contributed by atoms with Crippen molar-refractivity contribution in [3.63, 3.8) is 0 Å². The SMILES string of the molecule is CN=C(NCc1nnc2n1CCC2)N1CCC(N2CCCCC2)C1.I. The average molecular weight is 459 g/mol. The van der Waals surface area contributed by atoms with Crippen LogP contribution in [0.25, 0.3) is 0 Å². The van der Waals surface area contributed by atoms with Crippen LogP contribution in [-0.4, -0.2) is 69.8 Å². The van der Waals surface area contributed by atoms with E-state index in [2.05, 4.69) is 34.9 Å². The van der Waals surface area contributed by atoms with Crippen LogP contribution >= 0.6 is 24.0 Å². The number of hydrogen-bond acceptors (Lipinski definition) is 4. The predicted octanol–water partition coefficient (Wildman–Crippen LogP) is 1.48. The fraction of sp³-hybridized carbons (Fsp3) is 0.824. The van der Waals surface area contributed by atoms with Gasteiger partial charge in [0.15, 0.2) is 11.8 Å². The lowest BCUT2D eigenvalue weighted by atomic mass is 10.1. The summed E-state index contributed by atoms with van der Waals surface area (Å²) in [5, 5.41) is 12.1. The van der Waals surface area contributed by atoms with E-state index >= 15 is 0 Å². The molecule has 140 valence electrons. The van der Waals surface area contributed by atoms with Gasteiger partial charge in [-0.15, -0.1) is 34.2 Å². The van der Waals surface area contributed by atoms with E-state index in [0.29, 0.717) is 12.6 Å². The monoisotopic (exact) mass is 459 g/mol. The molecule has 3 aliphatic heterocycles. The maximum atomic E-state index is 4.50. The minimum atomic E-state index is 0. The van der Waals surface area contributed by atoms with Gasteiger partial charge in [0.25, 0.3) is 0 Å². The third kappa shape index (κ3) is 4.10. The lowest BCUT2D eigenvalue weighted by molar-refractivity contribution is 0.168. The number of aromatic nitrogens is 3. The highest BCUT2D eigenvalue weighted by molar-refractivity contribution is 14.0. The Morgan fingerprint density at radius 2 is 1.96 bits per heavy atom. The van der Waals surface area contributed by atoms with Crippen molar-refractivity contribution in [2.24, 2.45) is 4.99 Å². The molecule has 0 aliphatic carbocycles. The van der Waals surface area contributed by atoms with Gasteiger partial charge in [-0.1, -0.05) is 6.42 Å². The summed E-state index contributed by atoms with van der Waals surface area (Å²) >= 11 is 0. The molecule has 1 unspecified atom stereocenters. The molecule has 0 radical (unpaired) electrons. The molecule has 0 amide bonds. The zero-order valence-electron chi connectivity index (χ0n) is 15.2. The van der Waals surface area contributed by atoms with Crippen molar-refractivity contribution in [1.29, 1.82) is 0 Å². The van der Waals surface area contributed by atoms with E-state index < -0.39 is 0 Å². The Balaban J connectivity index is 0.00000182. The first kappa shape index (κ1) is 18.9. The molecule has 1 N–H and O–H groups in total. The van der Waals surface area contributed by atoms with Crippen LogP contribution in [-0.2, 0) is 19.5 Å². The Kier molecular flexibility index (Phi) is 6.54. The van der Waals surface area contributed by atoms with Gasteiger partial charge in [-0.2, -0.15) is 0 Å². The third-order valence-corrected chi connectivity index (χ3v) is 5.67. The van der Waals surface area contributed by atoms with Crippen LogP contribution in [0.15, 0.2) is 4.99 Å². The Morgan fingerprint density at radius 3 is 2.76 bits per heavy atom. The number of hydrogen-bond donors (Lipinski definition) is 1. The van der Waals surface area contributed by atoms with E-state index in [1.165, 1.54) is 45.2 Å². The van der Waals surface area contributed by atoms with Gasteiger partial charge in [-0.3, -0.25) is 9.89 Å². The highest BCUT2D eigenvalue weighted by atomic mass is 127. The molecule has 0 bridgehead atoms. The standard InChI is InChI=1S/C17H29N7.HI/c1-18-17(19-12-16-21-20-15-6-5-10-24(15)16)23-11-7-14(13-23)22-8-3-2-4-9-22;/h14H,2-13H2,1H3,(H,18,19);1H. The second-order valence-corrected chi connectivity index (χ2v) is 7.17. The molecule has 2 saturated heterocycles. The normalized spacial score (nSPS) is 24.3. The van der Waals surface area contributed by atoms with Gasteiger partial charge in [-0.05, 0) is 38.8 Å². The molecule has 4 rings (SSSR count). The largest absolute Gasteiger partial charge is 0.349 e. The van der Waals surface area contributed by atoms with E-state index in [0.717, 1.165) is 43.7 Å². The van der Waals surface area contributed by atoms with Gasteiger partial charge in [0.2, 0.25) is 0 Å². The summed E-state index contributed by atoms with van der Waals surface area (Å²) < 4.78 is 2.25. The van der Waals surface area contributed by atoms with E-state index in [1.807, 2.05) is 7.05 Å². The molecule has 25 heavy (non-hydrogen) atoms. The lowest BCUT2D eigenvalue weighted by Gasteiger charge is -2.32. The molecular formula is C17H30IN7. The first-order valence-electron chi connectivity index (χ1n) is 9.46. The molecule has 1 aromatic rings. The highest BCUT2D eigenvalue weighted by Gasteiger charge is 2.30. The van der Waals surface area contributed by atoms with Crippen LogP contribution < -0.4 is 5.32 Å². The fourth-order valence-electron chi connectivity index (χ4n) is 4.35. The van der Waals surface area contributed by atoms with Crippen LogP contribution in [0.3, 0.4) is 0 Å². The second kappa shape index (κ2) is 8.66. The number of fused-ring (bicyclic) bond motifs is 1. The highest BCUT2D eigenvalue weighted by Crippen LogP contribution is 2.20. The molecule has 4 heterocycles. The van der Waals surface area contributed by atoms with E-state index in [9.17, 15) is 0 Å². The minimum Gasteiger partial charge on any atom is -0.349 e. The lowest BCUT2D eigenvalue weighted by Crippen LogP contribution is -2.44. The van der Waals surface area contributed by atoms with Crippen molar-refractivity contribution in [2.75, 3.05) is 33.2 Å².